The van der Waals surface area contributed by atoms with E-state index in [0.29, 0.717) is 4.57 Å². The highest BCUT2D eigenvalue weighted by atomic mass is 31.2. The molecule has 5 N–H and O–H groups in total. The van der Waals surface area contributed by atoms with Gasteiger partial charge < -0.3 is 29.8 Å². The second kappa shape index (κ2) is 8.38. The summed E-state index contributed by atoms with van der Waals surface area (Å²) in [7, 11) is -5.19. The average Bonchev–Trinajstić information content (AvgIpc) is 2.84. The largest absolute Gasteiger partial charge is 0.472 e. The Labute approximate surface area is 161 Å². The van der Waals surface area contributed by atoms with E-state index in [0.717, 1.165) is 20.0 Å². The average molecular weight is 438 g/mol. The fourth-order valence-electron chi connectivity index (χ4n) is 2.83. The van der Waals surface area contributed by atoms with Gasteiger partial charge in [0.15, 0.2) is 12.5 Å². The zero-order valence-electron chi connectivity index (χ0n) is 15.1. The van der Waals surface area contributed by atoms with Crippen molar-refractivity contribution in [2.45, 2.75) is 51.1 Å². The van der Waals surface area contributed by atoms with Crippen molar-refractivity contribution in [1.29, 1.82) is 0 Å². The third kappa shape index (κ3) is 4.94. The standard InChI is InChI=1S/C14H19N2O12P/c1-5(17)3-7-4-15(14(23)16(6(2)18)11(7)21)12-9(20)8(19)10(27-12)13(22)28-29(24,25)26/h4,8-10,12-13,19-20,22H,3H2,1-2H3,(H2,24,25,26)/t8-,9-,10-,12+,13?/m0/s1. The molecule has 29 heavy (non-hydrogen) atoms. The van der Waals surface area contributed by atoms with Gasteiger partial charge in [-0.1, -0.05) is 0 Å². The van der Waals surface area contributed by atoms with E-state index < -0.39 is 68.0 Å². The number of aliphatic hydroxyl groups is 3. The van der Waals surface area contributed by atoms with E-state index in [-0.39, 0.29) is 10.1 Å². The second-order valence-electron chi connectivity index (χ2n) is 6.34. The number of hydrogen-bond donors (Lipinski definition) is 5. The molecule has 0 spiro atoms. The summed E-state index contributed by atoms with van der Waals surface area (Å²) in [5.41, 5.74) is -2.60. The van der Waals surface area contributed by atoms with Gasteiger partial charge in [0, 0.05) is 25.1 Å². The third-order valence-electron chi connectivity index (χ3n) is 4.01. The van der Waals surface area contributed by atoms with Gasteiger partial charge in [-0.3, -0.25) is 23.5 Å². The smallest absolute Gasteiger partial charge is 0.387 e. The maximum absolute atomic E-state index is 12.5. The van der Waals surface area contributed by atoms with Crippen molar-refractivity contribution in [3.63, 3.8) is 0 Å². The van der Waals surface area contributed by atoms with Crippen LogP contribution in [0.25, 0.3) is 0 Å². The van der Waals surface area contributed by atoms with Gasteiger partial charge in [-0.15, -0.1) is 0 Å². The molecule has 1 aliphatic rings. The van der Waals surface area contributed by atoms with E-state index in [4.69, 9.17) is 14.5 Å². The Balaban J connectivity index is 2.53. The van der Waals surface area contributed by atoms with Gasteiger partial charge in [-0.05, 0) is 6.92 Å². The van der Waals surface area contributed by atoms with Gasteiger partial charge in [-0.25, -0.2) is 9.36 Å². The predicted molar refractivity (Wildman–Crippen MR) is 90.7 cm³/mol. The molecule has 0 bridgehead atoms. The van der Waals surface area contributed by atoms with Crippen LogP contribution in [0.5, 0.6) is 0 Å². The lowest BCUT2D eigenvalue weighted by atomic mass is 10.1. The quantitative estimate of drug-likeness (QED) is 0.220. The molecule has 1 aromatic heterocycles. The van der Waals surface area contributed by atoms with E-state index in [9.17, 15) is 39.1 Å². The summed E-state index contributed by atoms with van der Waals surface area (Å²) in [6.45, 7) is 2.06. The molecule has 15 heteroatoms. The van der Waals surface area contributed by atoms with Crippen molar-refractivity contribution in [3.05, 3.63) is 32.6 Å². The van der Waals surface area contributed by atoms with E-state index in [2.05, 4.69) is 4.52 Å². The number of nitrogens with zero attached hydrogens (tertiary/aromatic N) is 2. The number of aromatic nitrogens is 2. The minimum Gasteiger partial charge on any atom is -0.387 e. The fraction of sp³-hybridized carbons (Fsp3) is 0.571. The Kier molecular flexibility index (Phi) is 6.71. The lowest BCUT2D eigenvalue weighted by molar-refractivity contribution is -0.161. The van der Waals surface area contributed by atoms with Crippen molar-refractivity contribution in [2.24, 2.45) is 0 Å². The topological polar surface area (TPSA) is 215 Å². The number of phosphoric acid groups is 1. The highest BCUT2D eigenvalue weighted by Crippen LogP contribution is 2.40. The van der Waals surface area contributed by atoms with Gasteiger partial charge in [-0.2, -0.15) is 4.57 Å². The predicted octanol–water partition coefficient (Wildman–Crippen LogP) is -3.15. The first-order valence-electron chi connectivity index (χ1n) is 8.05. The Bertz CT molecular complexity index is 978. The molecule has 1 saturated heterocycles. The summed E-state index contributed by atoms with van der Waals surface area (Å²) >= 11 is 0. The molecule has 14 nitrogen and oxygen atoms in total. The van der Waals surface area contributed by atoms with Crippen LogP contribution in [0.1, 0.15) is 30.4 Å². The summed E-state index contributed by atoms with van der Waals surface area (Å²) in [6.07, 6.45) is -9.58. The van der Waals surface area contributed by atoms with Gasteiger partial charge >= 0.3 is 13.5 Å². The Morgan fingerprint density at radius 1 is 1.24 bits per heavy atom. The van der Waals surface area contributed by atoms with Crippen LogP contribution < -0.4 is 11.2 Å². The van der Waals surface area contributed by atoms with Gasteiger partial charge in [0.05, 0.1) is 0 Å². The first-order chi connectivity index (χ1) is 13.2. The van der Waals surface area contributed by atoms with Crippen LogP contribution in [0.3, 0.4) is 0 Å². The molecular formula is C14H19N2O12P. The summed E-state index contributed by atoms with van der Waals surface area (Å²) in [6, 6.07) is 0. The monoisotopic (exact) mass is 438 g/mol. The van der Waals surface area contributed by atoms with E-state index in [1.54, 1.807) is 0 Å². The number of carbonyl (C=O) groups is 2. The van der Waals surface area contributed by atoms with Crippen molar-refractivity contribution in [3.8, 4) is 0 Å². The van der Waals surface area contributed by atoms with Crippen molar-refractivity contribution >= 4 is 19.5 Å². The zero-order chi connectivity index (χ0) is 22.3. The number of carbonyl (C=O) groups excluding carboxylic acids is 2. The number of ether oxygens (including phenoxy) is 1. The van der Waals surface area contributed by atoms with E-state index >= 15 is 0 Å². The normalized spacial score (nSPS) is 25.8. The highest BCUT2D eigenvalue weighted by Gasteiger charge is 2.49. The fourth-order valence-corrected chi connectivity index (χ4v) is 3.23. The summed E-state index contributed by atoms with van der Waals surface area (Å²) in [5, 5.41) is 29.9. The molecule has 1 aromatic rings. The van der Waals surface area contributed by atoms with Crippen molar-refractivity contribution in [2.75, 3.05) is 0 Å². The van der Waals surface area contributed by atoms with Crippen molar-refractivity contribution in [1.82, 2.24) is 9.13 Å². The molecule has 2 rings (SSSR count). The minimum absolute atomic E-state index is 0.191. The number of phosphoric ester groups is 1. The molecule has 1 unspecified atom stereocenters. The molecule has 5 atom stereocenters. The zero-order valence-corrected chi connectivity index (χ0v) is 16.0. The molecule has 0 aliphatic carbocycles. The van der Waals surface area contributed by atoms with Gasteiger partial charge in [0.2, 0.25) is 5.91 Å². The molecular weight excluding hydrogens is 419 g/mol. The van der Waals surface area contributed by atoms with Crippen LogP contribution >= 0.6 is 7.82 Å². The Morgan fingerprint density at radius 3 is 2.31 bits per heavy atom. The molecule has 0 radical (unpaired) electrons. The molecule has 162 valence electrons. The number of ketones is 1. The Morgan fingerprint density at radius 2 is 1.83 bits per heavy atom. The molecule has 0 aromatic carbocycles. The Hall–Kier alpha value is -2.03. The maximum Gasteiger partial charge on any atom is 0.472 e. The second-order valence-corrected chi connectivity index (χ2v) is 7.53. The lowest BCUT2D eigenvalue weighted by Gasteiger charge is -2.21. The van der Waals surface area contributed by atoms with E-state index in [1.165, 1.54) is 0 Å². The number of Topliss-reactive ketones (excluding diaryl/α,β-unsaturated/α-hetero) is 1. The number of aliphatic hydroxyl groups excluding tert-OH is 3. The summed E-state index contributed by atoms with van der Waals surface area (Å²) < 4.78 is 20.7. The van der Waals surface area contributed by atoms with Crippen molar-refractivity contribution < 1.29 is 48.5 Å². The van der Waals surface area contributed by atoms with Crippen LogP contribution in [0.2, 0.25) is 0 Å². The van der Waals surface area contributed by atoms with Crippen LogP contribution in [0.15, 0.2) is 15.8 Å². The molecule has 1 aliphatic heterocycles. The third-order valence-corrected chi connectivity index (χ3v) is 4.51. The lowest BCUT2D eigenvalue weighted by Crippen LogP contribution is -2.47. The first kappa shape index (κ1) is 23.3. The molecule has 0 saturated carbocycles. The molecule has 0 amide bonds. The number of rotatable bonds is 6. The summed E-state index contributed by atoms with van der Waals surface area (Å²) in [5.74, 6) is -1.47. The SMILES string of the molecule is CC(=O)Cc1cn([C@@H]2O[C@H](C(O)OP(=O)(O)O)[C@@H](O)[C@@H]2O)c(=O)n(C(C)=O)c1=O. The van der Waals surface area contributed by atoms with Crippen LogP contribution in [0.4, 0.5) is 0 Å². The molecule has 1 fully saturated rings. The highest BCUT2D eigenvalue weighted by molar-refractivity contribution is 7.46. The van der Waals surface area contributed by atoms with Crippen LogP contribution in [-0.2, 0) is 25.0 Å². The molecule has 2 heterocycles. The first-order valence-corrected chi connectivity index (χ1v) is 9.58. The van der Waals surface area contributed by atoms with Crippen LogP contribution in [-0.4, -0.2) is 70.5 Å². The minimum atomic E-state index is -5.19. The van der Waals surface area contributed by atoms with Gasteiger partial charge in [0.25, 0.3) is 5.56 Å². The van der Waals surface area contributed by atoms with E-state index in [1.807, 2.05) is 0 Å². The number of hydrogen-bond acceptors (Lipinski definition) is 10. The van der Waals surface area contributed by atoms with Gasteiger partial charge in [0.1, 0.15) is 24.1 Å². The summed E-state index contributed by atoms with van der Waals surface area (Å²) in [4.78, 5) is 65.4. The van der Waals surface area contributed by atoms with Crippen LogP contribution in [0, 0.1) is 0 Å². The maximum atomic E-state index is 12.5.